The van der Waals surface area contributed by atoms with Crippen LogP contribution in [-0.4, -0.2) is 44.0 Å². The van der Waals surface area contributed by atoms with Crippen LogP contribution in [0.4, 0.5) is 4.79 Å². The van der Waals surface area contributed by atoms with Gasteiger partial charge >= 0.3 is 6.09 Å². The Morgan fingerprint density at radius 1 is 1.54 bits per heavy atom. The van der Waals surface area contributed by atoms with E-state index in [9.17, 15) is 10.0 Å². The van der Waals surface area contributed by atoms with Crippen molar-refractivity contribution in [2.24, 2.45) is 0 Å². The van der Waals surface area contributed by atoms with Gasteiger partial charge in [-0.15, -0.1) is 0 Å². The number of amides is 1. The van der Waals surface area contributed by atoms with Crippen molar-refractivity contribution in [2.75, 3.05) is 27.2 Å². The standard InChI is InChI=1S/C8H16N2O3/c1-10(12)5-3-7(4-6-10)9-8(11)13-2/h7H,3-6H2,1-2H3,(H,9,11). The lowest BCUT2D eigenvalue weighted by Gasteiger charge is -2.43. The number of hydrogen-bond acceptors (Lipinski definition) is 3. The Hall–Kier alpha value is -0.810. The number of nitrogens with one attached hydrogen (secondary N) is 1. The average Bonchev–Trinajstić information content (AvgIpc) is 2.08. The summed E-state index contributed by atoms with van der Waals surface area (Å²) in [5.74, 6) is 0. The van der Waals surface area contributed by atoms with Crippen molar-refractivity contribution in [3.63, 3.8) is 0 Å². The number of quaternary nitrogens is 1. The lowest BCUT2D eigenvalue weighted by atomic mass is 10.1. The van der Waals surface area contributed by atoms with Gasteiger partial charge in [0.15, 0.2) is 0 Å². The monoisotopic (exact) mass is 188 g/mol. The maximum absolute atomic E-state index is 11.4. The molecule has 0 bridgehead atoms. The third-order valence-corrected chi connectivity index (χ3v) is 2.41. The first kappa shape index (κ1) is 10.3. The van der Waals surface area contributed by atoms with Crippen LogP contribution in [0.25, 0.3) is 0 Å². The van der Waals surface area contributed by atoms with Crippen LogP contribution in [-0.2, 0) is 4.74 Å². The summed E-state index contributed by atoms with van der Waals surface area (Å²) in [6.45, 7) is 1.13. The van der Waals surface area contributed by atoms with E-state index in [0.29, 0.717) is 13.1 Å². The summed E-state index contributed by atoms with van der Waals surface area (Å²) < 4.78 is 4.28. The van der Waals surface area contributed by atoms with Gasteiger partial charge in [0, 0.05) is 18.9 Å². The van der Waals surface area contributed by atoms with Crippen LogP contribution in [0.5, 0.6) is 0 Å². The molecule has 1 amide bonds. The molecule has 1 heterocycles. The van der Waals surface area contributed by atoms with Gasteiger partial charge in [-0.1, -0.05) is 0 Å². The molecule has 0 atom stereocenters. The number of methoxy groups -OCH3 is 1. The van der Waals surface area contributed by atoms with Crippen molar-refractivity contribution in [1.29, 1.82) is 0 Å². The average molecular weight is 188 g/mol. The van der Waals surface area contributed by atoms with Crippen molar-refractivity contribution in [1.82, 2.24) is 5.32 Å². The number of ether oxygens (including phenoxy) is 1. The van der Waals surface area contributed by atoms with Gasteiger partial charge in [0.05, 0.1) is 27.2 Å². The Bertz CT molecular complexity index is 184. The molecule has 1 fully saturated rings. The highest BCUT2D eigenvalue weighted by molar-refractivity contribution is 5.67. The summed E-state index contributed by atoms with van der Waals surface area (Å²) in [5, 5.41) is 14.1. The Labute approximate surface area is 77.8 Å². The highest BCUT2D eigenvalue weighted by Gasteiger charge is 2.24. The fourth-order valence-electron chi connectivity index (χ4n) is 1.48. The molecule has 5 heteroatoms. The molecule has 5 nitrogen and oxygen atoms in total. The topological polar surface area (TPSA) is 61.4 Å². The molecule has 1 saturated heterocycles. The molecule has 13 heavy (non-hydrogen) atoms. The zero-order valence-electron chi connectivity index (χ0n) is 8.08. The molecule has 1 aliphatic rings. The Kier molecular flexibility index (Phi) is 3.11. The summed E-state index contributed by atoms with van der Waals surface area (Å²) in [5.41, 5.74) is 0. The summed E-state index contributed by atoms with van der Waals surface area (Å²) in [4.78, 5) is 10.8. The highest BCUT2D eigenvalue weighted by Crippen LogP contribution is 2.14. The molecule has 0 saturated carbocycles. The van der Waals surface area contributed by atoms with E-state index in [1.807, 2.05) is 0 Å². The number of nitrogens with zero attached hydrogens (tertiary/aromatic N) is 1. The van der Waals surface area contributed by atoms with Gasteiger partial charge in [0.1, 0.15) is 0 Å². The Morgan fingerprint density at radius 3 is 2.54 bits per heavy atom. The van der Waals surface area contributed by atoms with Gasteiger partial charge in [-0.25, -0.2) is 4.79 Å². The van der Waals surface area contributed by atoms with Crippen LogP contribution in [0.15, 0.2) is 0 Å². The van der Waals surface area contributed by atoms with Crippen molar-refractivity contribution in [3.8, 4) is 0 Å². The third kappa shape index (κ3) is 3.20. The van der Waals surface area contributed by atoms with Crippen molar-refractivity contribution in [3.05, 3.63) is 5.21 Å². The van der Waals surface area contributed by atoms with E-state index in [0.717, 1.165) is 12.8 Å². The van der Waals surface area contributed by atoms with E-state index in [-0.39, 0.29) is 10.7 Å². The molecule has 0 spiro atoms. The van der Waals surface area contributed by atoms with E-state index < -0.39 is 6.09 Å². The second kappa shape index (κ2) is 3.93. The number of piperidine rings is 1. The molecule has 0 aromatic heterocycles. The second-order valence-corrected chi connectivity index (χ2v) is 3.65. The van der Waals surface area contributed by atoms with Crippen LogP contribution in [0.2, 0.25) is 0 Å². The maximum Gasteiger partial charge on any atom is 0.407 e. The fourth-order valence-corrected chi connectivity index (χ4v) is 1.48. The molecule has 0 aromatic carbocycles. The first-order valence-electron chi connectivity index (χ1n) is 4.43. The lowest BCUT2D eigenvalue weighted by Crippen LogP contribution is -2.50. The zero-order chi connectivity index (χ0) is 9.90. The van der Waals surface area contributed by atoms with Gasteiger partial charge in [-0.3, -0.25) is 0 Å². The van der Waals surface area contributed by atoms with E-state index in [4.69, 9.17) is 0 Å². The fraction of sp³-hybridized carbons (Fsp3) is 0.875. The molecule has 0 unspecified atom stereocenters. The van der Waals surface area contributed by atoms with E-state index in [1.165, 1.54) is 7.11 Å². The SMILES string of the molecule is COC(=O)NC1CC[N+](C)([O-])CC1. The molecular formula is C8H16N2O3. The van der Waals surface area contributed by atoms with Crippen molar-refractivity contribution in [2.45, 2.75) is 18.9 Å². The Morgan fingerprint density at radius 2 is 2.08 bits per heavy atom. The largest absolute Gasteiger partial charge is 0.633 e. The van der Waals surface area contributed by atoms with Gasteiger partial charge in [0.25, 0.3) is 0 Å². The van der Waals surface area contributed by atoms with Crippen LogP contribution in [0.1, 0.15) is 12.8 Å². The molecule has 0 aliphatic carbocycles. The van der Waals surface area contributed by atoms with Crippen LogP contribution in [0.3, 0.4) is 0 Å². The van der Waals surface area contributed by atoms with Gasteiger partial charge in [0.2, 0.25) is 0 Å². The van der Waals surface area contributed by atoms with Crippen molar-refractivity contribution >= 4 is 6.09 Å². The minimum absolute atomic E-state index is 0.104. The number of carbonyl (C=O) groups is 1. The zero-order valence-corrected chi connectivity index (χ0v) is 8.08. The summed E-state index contributed by atoms with van der Waals surface area (Å²) >= 11 is 0. The molecule has 1 aliphatic heterocycles. The smallest absolute Gasteiger partial charge is 0.407 e. The van der Waals surface area contributed by atoms with Crippen molar-refractivity contribution < 1.29 is 14.2 Å². The predicted molar refractivity (Wildman–Crippen MR) is 47.8 cm³/mol. The first-order chi connectivity index (χ1) is 6.03. The summed E-state index contributed by atoms with van der Waals surface area (Å²) in [6, 6.07) is 0.104. The number of likely N-dealkylation sites (tertiary alicyclic amines) is 1. The lowest BCUT2D eigenvalue weighted by molar-refractivity contribution is -0.866. The number of rotatable bonds is 1. The quantitative estimate of drug-likeness (QED) is 0.480. The Balaban J connectivity index is 2.29. The normalized spacial score (nSPS) is 33.9. The minimum Gasteiger partial charge on any atom is -0.633 e. The van der Waals surface area contributed by atoms with E-state index >= 15 is 0 Å². The second-order valence-electron chi connectivity index (χ2n) is 3.65. The molecule has 0 aromatic rings. The minimum atomic E-state index is -0.410. The molecule has 1 rings (SSSR count). The summed E-state index contributed by atoms with van der Waals surface area (Å²) in [7, 11) is 3.00. The highest BCUT2D eigenvalue weighted by atomic mass is 16.5. The molecular weight excluding hydrogens is 172 g/mol. The van der Waals surface area contributed by atoms with Crippen LogP contribution < -0.4 is 5.32 Å². The number of hydroxylamine groups is 3. The van der Waals surface area contributed by atoms with Gasteiger partial charge < -0.3 is 19.9 Å². The van der Waals surface area contributed by atoms with Crippen LogP contribution in [0, 0.1) is 5.21 Å². The summed E-state index contributed by atoms with van der Waals surface area (Å²) in [6.07, 6.45) is 1.05. The number of alkyl carbamates (subject to hydrolysis) is 1. The maximum atomic E-state index is 11.4. The third-order valence-electron chi connectivity index (χ3n) is 2.41. The van der Waals surface area contributed by atoms with Crippen LogP contribution >= 0.6 is 0 Å². The number of carbonyl (C=O) groups excluding carboxylic acids is 1. The molecule has 0 radical (unpaired) electrons. The molecule has 1 N–H and O–H groups in total. The van der Waals surface area contributed by atoms with Gasteiger partial charge in [-0.2, -0.15) is 0 Å². The molecule has 76 valence electrons. The number of hydrogen-bond donors (Lipinski definition) is 1. The van der Waals surface area contributed by atoms with E-state index in [2.05, 4.69) is 10.1 Å². The predicted octanol–water partition coefficient (Wildman–Crippen LogP) is 0.449. The van der Waals surface area contributed by atoms with Gasteiger partial charge in [-0.05, 0) is 0 Å². The van der Waals surface area contributed by atoms with E-state index in [1.54, 1.807) is 7.05 Å². The first-order valence-corrected chi connectivity index (χ1v) is 4.43.